The first-order valence-corrected chi connectivity index (χ1v) is 13.6. The largest absolute Gasteiger partial charge is 0.481 e. The van der Waals surface area contributed by atoms with Gasteiger partial charge in [-0.2, -0.15) is 0 Å². The van der Waals surface area contributed by atoms with E-state index in [2.05, 4.69) is 0 Å². The molecule has 8 nitrogen and oxygen atoms in total. The van der Waals surface area contributed by atoms with E-state index in [1.807, 2.05) is 60.7 Å². The number of hydrogen-bond donors (Lipinski definition) is 2. The molecule has 0 saturated heterocycles. The second kappa shape index (κ2) is 12.7. The van der Waals surface area contributed by atoms with Gasteiger partial charge >= 0.3 is 11.9 Å². The minimum atomic E-state index is -0.950. The molecule has 4 atom stereocenters. The van der Waals surface area contributed by atoms with E-state index >= 15 is 0 Å². The molecule has 2 N–H and O–H groups in total. The SMILES string of the molecule is O=C(O)[C@H]1CCCC[C@H]1C(=O)N(CCN(C(=O)[C@@H]1CCCC[C@@H]1C(=O)O)c1ccccc1)c1ccccc1. The molecule has 0 spiro atoms. The third-order valence-electron chi connectivity index (χ3n) is 8.02. The lowest BCUT2D eigenvalue weighted by atomic mass is 9.78. The number of aliphatic carboxylic acids is 2. The van der Waals surface area contributed by atoms with Crippen LogP contribution in [-0.4, -0.2) is 47.1 Å². The van der Waals surface area contributed by atoms with Crippen molar-refractivity contribution in [3.8, 4) is 0 Å². The molecule has 2 aromatic carbocycles. The van der Waals surface area contributed by atoms with Gasteiger partial charge in [0, 0.05) is 24.5 Å². The Kier molecular flexibility index (Phi) is 9.15. The first-order chi connectivity index (χ1) is 18.4. The summed E-state index contributed by atoms with van der Waals surface area (Å²) in [5, 5.41) is 19.6. The number of anilines is 2. The van der Waals surface area contributed by atoms with Crippen molar-refractivity contribution in [2.75, 3.05) is 22.9 Å². The first kappa shape index (κ1) is 27.4. The van der Waals surface area contributed by atoms with Crippen molar-refractivity contribution >= 4 is 35.1 Å². The van der Waals surface area contributed by atoms with Gasteiger partial charge in [-0.1, -0.05) is 62.1 Å². The van der Waals surface area contributed by atoms with Gasteiger partial charge in [0.2, 0.25) is 11.8 Å². The Hall–Kier alpha value is -3.68. The van der Waals surface area contributed by atoms with Gasteiger partial charge in [0.15, 0.2) is 0 Å². The molecule has 4 rings (SSSR count). The van der Waals surface area contributed by atoms with E-state index in [9.17, 15) is 29.4 Å². The standard InChI is InChI=1S/C30H36N2O6/c33-27(23-15-7-9-17-25(23)29(35)36)31(21-11-3-1-4-12-21)19-20-32(22-13-5-2-6-14-22)28(34)24-16-8-10-18-26(24)30(37)38/h1-6,11-14,23-26H,7-10,15-20H2,(H,35,36)(H,37,38)/t23-,24-,25+,26+/m1/s1. The maximum absolute atomic E-state index is 13.9. The van der Waals surface area contributed by atoms with Crippen LogP contribution in [0.3, 0.4) is 0 Å². The van der Waals surface area contributed by atoms with Crippen LogP contribution in [0.5, 0.6) is 0 Å². The molecule has 2 aliphatic rings. The van der Waals surface area contributed by atoms with Gasteiger partial charge in [-0.15, -0.1) is 0 Å². The number of carboxylic acid groups (broad SMARTS) is 2. The predicted octanol–water partition coefficient (Wildman–Crippen LogP) is 4.83. The van der Waals surface area contributed by atoms with Crippen molar-refractivity contribution in [2.45, 2.75) is 51.4 Å². The Labute approximate surface area is 223 Å². The zero-order valence-corrected chi connectivity index (χ0v) is 21.6. The maximum Gasteiger partial charge on any atom is 0.307 e. The molecule has 0 bridgehead atoms. The summed E-state index contributed by atoms with van der Waals surface area (Å²) in [6.45, 7) is 0.327. The van der Waals surface area contributed by atoms with Crippen molar-refractivity contribution in [2.24, 2.45) is 23.7 Å². The second-order valence-corrected chi connectivity index (χ2v) is 10.3. The molecule has 2 aliphatic carbocycles. The molecule has 0 unspecified atom stereocenters. The van der Waals surface area contributed by atoms with Gasteiger partial charge < -0.3 is 20.0 Å². The van der Waals surface area contributed by atoms with E-state index in [-0.39, 0.29) is 24.9 Å². The van der Waals surface area contributed by atoms with Gasteiger partial charge in [0.05, 0.1) is 23.7 Å². The lowest BCUT2D eigenvalue weighted by Gasteiger charge is -2.36. The lowest BCUT2D eigenvalue weighted by Crippen LogP contribution is -2.48. The van der Waals surface area contributed by atoms with E-state index < -0.39 is 35.6 Å². The lowest BCUT2D eigenvalue weighted by molar-refractivity contribution is -0.148. The Balaban J connectivity index is 1.62. The van der Waals surface area contributed by atoms with Crippen LogP contribution in [-0.2, 0) is 19.2 Å². The van der Waals surface area contributed by atoms with Crippen LogP contribution in [0.25, 0.3) is 0 Å². The molecular formula is C30H36N2O6. The summed E-state index contributed by atoms with van der Waals surface area (Å²) >= 11 is 0. The highest BCUT2D eigenvalue weighted by molar-refractivity contribution is 5.99. The van der Waals surface area contributed by atoms with Gasteiger partial charge in [-0.25, -0.2) is 0 Å². The minimum Gasteiger partial charge on any atom is -0.481 e. The smallest absolute Gasteiger partial charge is 0.307 e. The number of rotatable bonds is 9. The number of carbonyl (C=O) groups is 4. The summed E-state index contributed by atoms with van der Waals surface area (Å²) in [6, 6.07) is 18.2. The third-order valence-corrected chi connectivity index (χ3v) is 8.02. The number of para-hydroxylation sites is 2. The number of hydrogen-bond acceptors (Lipinski definition) is 4. The average molecular weight is 521 g/mol. The van der Waals surface area contributed by atoms with Crippen LogP contribution in [0.4, 0.5) is 11.4 Å². The van der Waals surface area contributed by atoms with Gasteiger partial charge in [0.25, 0.3) is 0 Å². The summed E-state index contributed by atoms with van der Waals surface area (Å²) in [5.74, 6) is -5.10. The van der Waals surface area contributed by atoms with E-state index in [0.717, 1.165) is 25.7 Å². The minimum absolute atomic E-state index is 0.163. The van der Waals surface area contributed by atoms with Crippen LogP contribution >= 0.6 is 0 Å². The molecular weight excluding hydrogens is 484 g/mol. The van der Waals surface area contributed by atoms with Crippen LogP contribution < -0.4 is 9.80 Å². The Morgan fingerprint density at radius 2 is 0.868 bits per heavy atom. The average Bonchev–Trinajstić information content (AvgIpc) is 2.95. The van der Waals surface area contributed by atoms with Crippen molar-refractivity contribution < 1.29 is 29.4 Å². The summed E-state index contributed by atoms with van der Waals surface area (Å²) < 4.78 is 0. The molecule has 2 aromatic rings. The maximum atomic E-state index is 13.9. The molecule has 2 amide bonds. The third kappa shape index (κ3) is 6.23. The fourth-order valence-electron chi connectivity index (χ4n) is 5.99. The van der Waals surface area contributed by atoms with E-state index in [0.29, 0.717) is 37.1 Å². The van der Waals surface area contributed by atoms with Gasteiger partial charge in [-0.3, -0.25) is 19.2 Å². The zero-order valence-electron chi connectivity index (χ0n) is 21.6. The number of carboxylic acids is 2. The molecule has 0 aromatic heterocycles. The highest BCUT2D eigenvalue weighted by Crippen LogP contribution is 2.35. The second-order valence-electron chi connectivity index (χ2n) is 10.3. The predicted molar refractivity (Wildman–Crippen MR) is 144 cm³/mol. The quantitative estimate of drug-likeness (QED) is 0.489. The van der Waals surface area contributed by atoms with Crippen molar-refractivity contribution in [3.63, 3.8) is 0 Å². The Morgan fingerprint density at radius 1 is 0.553 bits per heavy atom. The highest BCUT2D eigenvalue weighted by Gasteiger charge is 2.40. The molecule has 0 radical (unpaired) electrons. The molecule has 2 fully saturated rings. The summed E-state index contributed by atoms with van der Waals surface area (Å²) in [6.07, 6.45) is 5.16. The van der Waals surface area contributed by atoms with Crippen LogP contribution in [0.1, 0.15) is 51.4 Å². The van der Waals surface area contributed by atoms with Crippen LogP contribution in [0.15, 0.2) is 60.7 Å². The van der Waals surface area contributed by atoms with Crippen LogP contribution in [0, 0.1) is 23.7 Å². The normalized spacial score (nSPS) is 23.3. The molecule has 2 saturated carbocycles. The first-order valence-electron chi connectivity index (χ1n) is 13.6. The number of amides is 2. The number of nitrogens with zero attached hydrogens (tertiary/aromatic N) is 2. The van der Waals surface area contributed by atoms with Crippen LogP contribution in [0.2, 0.25) is 0 Å². The van der Waals surface area contributed by atoms with Gasteiger partial charge in [-0.05, 0) is 49.9 Å². The highest BCUT2D eigenvalue weighted by atomic mass is 16.4. The summed E-state index contributed by atoms with van der Waals surface area (Å²) in [5.41, 5.74) is 1.29. The number of carbonyl (C=O) groups excluding carboxylic acids is 2. The Morgan fingerprint density at radius 3 is 1.18 bits per heavy atom. The molecule has 0 aliphatic heterocycles. The van der Waals surface area contributed by atoms with Crippen molar-refractivity contribution in [1.29, 1.82) is 0 Å². The number of benzene rings is 2. The summed E-state index contributed by atoms with van der Waals surface area (Å²) in [4.78, 5) is 54.8. The fourth-order valence-corrected chi connectivity index (χ4v) is 5.99. The zero-order chi connectivity index (χ0) is 27.1. The van der Waals surface area contributed by atoms with E-state index in [1.165, 1.54) is 0 Å². The molecule has 0 heterocycles. The molecule has 8 heteroatoms. The Bertz CT molecular complexity index is 1030. The summed E-state index contributed by atoms with van der Waals surface area (Å²) in [7, 11) is 0. The topological polar surface area (TPSA) is 115 Å². The molecule has 38 heavy (non-hydrogen) atoms. The van der Waals surface area contributed by atoms with E-state index in [4.69, 9.17) is 0 Å². The monoisotopic (exact) mass is 520 g/mol. The fraction of sp³-hybridized carbons (Fsp3) is 0.467. The van der Waals surface area contributed by atoms with Gasteiger partial charge in [0.1, 0.15) is 0 Å². The molecule has 202 valence electrons. The van der Waals surface area contributed by atoms with Crippen molar-refractivity contribution in [1.82, 2.24) is 0 Å². The van der Waals surface area contributed by atoms with Crippen molar-refractivity contribution in [3.05, 3.63) is 60.7 Å². The van der Waals surface area contributed by atoms with E-state index in [1.54, 1.807) is 9.80 Å².